The van der Waals surface area contributed by atoms with Gasteiger partial charge in [0.2, 0.25) is 5.91 Å². The molecule has 0 aromatic heterocycles. The highest BCUT2D eigenvalue weighted by Crippen LogP contribution is 2.33. The largest absolute Gasteiger partial charge is 0.339 e. The Balaban J connectivity index is 1.95. The van der Waals surface area contributed by atoms with Crippen molar-refractivity contribution in [1.29, 1.82) is 0 Å². The first-order valence-corrected chi connectivity index (χ1v) is 5.30. The Hall–Kier alpha value is -0.570. The molecule has 0 radical (unpaired) electrons. The van der Waals surface area contributed by atoms with Crippen LogP contribution in [0.2, 0.25) is 0 Å². The fraction of sp³-hybridized carbons (Fsp3) is 0.900. The number of carbonyl (C=O) groups excluding carboxylic acids is 1. The molecule has 1 saturated heterocycles. The second-order valence-electron chi connectivity index (χ2n) is 4.24. The maximum absolute atomic E-state index is 11.8. The lowest BCUT2D eigenvalue weighted by atomic mass is 10.1. The number of rotatable bonds is 2. The molecule has 0 aromatic rings. The lowest BCUT2D eigenvalue weighted by Crippen LogP contribution is -2.37. The van der Waals surface area contributed by atoms with Crippen LogP contribution in [0.5, 0.6) is 0 Å². The van der Waals surface area contributed by atoms with Gasteiger partial charge in [-0.25, -0.2) is 0 Å². The SMILES string of the molecule is CCC1CCCN1C(=O)C1CC1N. The van der Waals surface area contributed by atoms with Crippen LogP contribution in [0.15, 0.2) is 0 Å². The van der Waals surface area contributed by atoms with Crippen LogP contribution >= 0.6 is 0 Å². The topological polar surface area (TPSA) is 46.3 Å². The van der Waals surface area contributed by atoms with Crippen molar-refractivity contribution in [3.8, 4) is 0 Å². The maximum atomic E-state index is 11.8. The number of hydrogen-bond acceptors (Lipinski definition) is 2. The zero-order chi connectivity index (χ0) is 9.42. The molecule has 1 heterocycles. The van der Waals surface area contributed by atoms with Crippen molar-refractivity contribution in [2.24, 2.45) is 11.7 Å². The number of carbonyl (C=O) groups is 1. The minimum absolute atomic E-state index is 0.158. The van der Waals surface area contributed by atoms with E-state index in [1.54, 1.807) is 0 Å². The van der Waals surface area contributed by atoms with Gasteiger partial charge in [-0.3, -0.25) is 4.79 Å². The van der Waals surface area contributed by atoms with Gasteiger partial charge in [0.15, 0.2) is 0 Å². The molecule has 2 aliphatic rings. The van der Waals surface area contributed by atoms with Crippen molar-refractivity contribution >= 4 is 5.91 Å². The van der Waals surface area contributed by atoms with Crippen molar-refractivity contribution in [1.82, 2.24) is 4.90 Å². The quantitative estimate of drug-likeness (QED) is 0.684. The number of likely N-dealkylation sites (tertiary alicyclic amines) is 1. The third-order valence-corrected chi connectivity index (χ3v) is 3.29. The van der Waals surface area contributed by atoms with E-state index in [1.165, 1.54) is 12.8 Å². The van der Waals surface area contributed by atoms with Gasteiger partial charge in [0.05, 0.1) is 5.92 Å². The van der Waals surface area contributed by atoms with E-state index >= 15 is 0 Å². The van der Waals surface area contributed by atoms with Crippen LogP contribution in [0, 0.1) is 5.92 Å². The Bertz CT molecular complexity index is 217. The van der Waals surface area contributed by atoms with E-state index in [0.717, 1.165) is 19.4 Å². The average Bonchev–Trinajstić information content (AvgIpc) is 2.70. The molecule has 1 aliphatic heterocycles. The highest BCUT2D eigenvalue weighted by atomic mass is 16.2. The molecule has 3 atom stereocenters. The second-order valence-corrected chi connectivity index (χ2v) is 4.24. The molecule has 2 rings (SSSR count). The summed E-state index contributed by atoms with van der Waals surface area (Å²) < 4.78 is 0. The second kappa shape index (κ2) is 3.29. The highest BCUT2D eigenvalue weighted by Gasteiger charge is 2.44. The summed E-state index contributed by atoms with van der Waals surface area (Å²) in [5, 5.41) is 0. The number of amides is 1. The van der Waals surface area contributed by atoms with Gasteiger partial charge in [0.1, 0.15) is 0 Å². The van der Waals surface area contributed by atoms with Gasteiger partial charge in [-0.05, 0) is 25.7 Å². The highest BCUT2D eigenvalue weighted by molar-refractivity contribution is 5.82. The maximum Gasteiger partial charge on any atom is 0.227 e. The molecule has 1 saturated carbocycles. The van der Waals surface area contributed by atoms with Crippen molar-refractivity contribution in [2.75, 3.05) is 6.54 Å². The first-order chi connectivity index (χ1) is 6.24. The van der Waals surface area contributed by atoms with E-state index < -0.39 is 0 Å². The lowest BCUT2D eigenvalue weighted by Gasteiger charge is -2.23. The standard InChI is InChI=1S/C10H18N2O/c1-2-7-4-3-5-12(7)10(13)8-6-9(8)11/h7-9H,2-6,11H2,1H3. The van der Waals surface area contributed by atoms with Crippen LogP contribution in [-0.4, -0.2) is 29.4 Å². The van der Waals surface area contributed by atoms with Crippen LogP contribution in [0.1, 0.15) is 32.6 Å². The summed E-state index contributed by atoms with van der Waals surface area (Å²) in [7, 11) is 0. The summed E-state index contributed by atoms with van der Waals surface area (Å²) in [4.78, 5) is 13.9. The molecule has 0 spiro atoms. The first-order valence-electron chi connectivity index (χ1n) is 5.30. The van der Waals surface area contributed by atoms with Gasteiger partial charge in [-0.15, -0.1) is 0 Å². The molecule has 0 bridgehead atoms. The van der Waals surface area contributed by atoms with Crippen molar-refractivity contribution in [2.45, 2.75) is 44.7 Å². The van der Waals surface area contributed by atoms with Gasteiger partial charge in [-0.2, -0.15) is 0 Å². The normalized spacial score (nSPS) is 38.0. The smallest absolute Gasteiger partial charge is 0.227 e. The lowest BCUT2D eigenvalue weighted by molar-refractivity contribution is -0.133. The fourth-order valence-corrected chi connectivity index (χ4v) is 2.26. The third kappa shape index (κ3) is 1.57. The van der Waals surface area contributed by atoms with Gasteiger partial charge in [0.25, 0.3) is 0 Å². The van der Waals surface area contributed by atoms with E-state index in [4.69, 9.17) is 5.73 Å². The Morgan fingerprint density at radius 2 is 2.31 bits per heavy atom. The third-order valence-electron chi connectivity index (χ3n) is 3.29. The zero-order valence-corrected chi connectivity index (χ0v) is 8.20. The zero-order valence-electron chi connectivity index (χ0n) is 8.20. The van der Waals surface area contributed by atoms with Gasteiger partial charge >= 0.3 is 0 Å². The predicted octanol–water partition coefficient (Wildman–Crippen LogP) is 0.735. The Labute approximate surface area is 79.3 Å². The van der Waals surface area contributed by atoms with Crippen LogP contribution < -0.4 is 5.73 Å². The number of hydrogen-bond donors (Lipinski definition) is 1. The Kier molecular flexibility index (Phi) is 2.28. The molecule has 0 aromatic carbocycles. The van der Waals surface area contributed by atoms with Gasteiger partial charge in [0, 0.05) is 18.6 Å². The molecule has 13 heavy (non-hydrogen) atoms. The van der Waals surface area contributed by atoms with Gasteiger partial charge < -0.3 is 10.6 Å². The van der Waals surface area contributed by atoms with Crippen LogP contribution in [0.25, 0.3) is 0 Å². The summed E-state index contributed by atoms with van der Waals surface area (Å²) in [5.41, 5.74) is 5.67. The number of nitrogens with zero attached hydrogens (tertiary/aromatic N) is 1. The molecule has 74 valence electrons. The van der Waals surface area contributed by atoms with Crippen LogP contribution in [-0.2, 0) is 4.79 Å². The molecule has 1 amide bonds. The van der Waals surface area contributed by atoms with E-state index in [0.29, 0.717) is 11.9 Å². The Morgan fingerprint density at radius 1 is 1.62 bits per heavy atom. The molecular weight excluding hydrogens is 164 g/mol. The fourth-order valence-electron chi connectivity index (χ4n) is 2.26. The Morgan fingerprint density at radius 3 is 2.85 bits per heavy atom. The van der Waals surface area contributed by atoms with Gasteiger partial charge in [-0.1, -0.05) is 6.92 Å². The summed E-state index contributed by atoms with van der Waals surface area (Å²) in [6.45, 7) is 3.11. The van der Waals surface area contributed by atoms with Crippen molar-refractivity contribution in [3.63, 3.8) is 0 Å². The van der Waals surface area contributed by atoms with Crippen LogP contribution in [0.3, 0.4) is 0 Å². The minimum Gasteiger partial charge on any atom is -0.339 e. The molecule has 2 N–H and O–H groups in total. The molecule has 3 nitrogen and oxygen atoms in total. The van der Waals surface area contributed by atoms with E-state index in [2.05, 4.69) is 11.8 Å². The molecule has 2 fully saturated rings. The first kappa shape index (κ1) is 9.00. The van der Waals surface area contributed by atoms with Crippen LogP contribution in [0.4, 0.5) is 0 Å². The van der Waals surface area contributed by atoms with Crippen molar-refractivity contribution < 1.29 is 4.79 Å². The monoisotopic (exact) mass is 182 g/mol. The molecule has 3 unspecified atom stereocenters. The minimum atomic E-state index is 0.158. The molecular formula is C10H18N2O. The number of nitrogens with two attached hydrogens (primary N) is 1. The summed E-state index contributed by atoms with van der Waals surface area (Å²) in [5.74, 6) is 0.476. The summed E-state index contributed by atoms with van der Waals surface area (Å²) >= 11 is 0. The van der Waals surface area contributed by atoms with E-state index in [1.807, 2.05) is 0 Å². The summed E-state index contributed by atoms with van der Waals surface area (Å²) in [6.07, 6.45) is 4.36. The van der Waals surface area contributed by atoms with Crippen molar-refractivity contribution in [3.05, 3.63) is 0 Å². The van der Waals surface area contributed by atoms with E-state index in [-0.39, 0.29) is 12.0 Å². The van der Waals surface area contributed by atoms with E-state index in [9.17, 15) is 4.79 Å². The summed E-state index contributed by atoms with van der Waals surface area (Å²) in [6, 6.07) is 0.658. The molecule has 1 aliphatic carbocycles. The molecule has 3 heteroatoms. The predicted molar refractivity (Wildman–Crippen MR) is 51.1 cm³/mol. The average molecular weight is 182 g/mol.